The van der Waals surface area contributed by atoms with Crippen LogP contribution < -0.4 is 16.0 Å². The third-order valence-corrected chi connectivity index (χ3v) is 8.11. The van der Waals surface area contributed by atoms with Crippen LogP contribution in [0, 0.1) is 0 Å². The Morgan fingerprint density at radius 3 is 3.12 bits per heavy atom. The summed E-state index contributed by atoms with van der Waals surface area (Å²) in [6, 6.07) is 7.93. The Morgan fingerprint density at radius 1 is 1.21 bits per heavy atom. The maximum absolute atomic E-state index is 12.9. The predicted octanol–water partition coefficient (Wildman–Crippen LogP) is 3.83. The van der Waals surface area contributed by atoms with Gasteiger partial charge in [0.2, 0.25) is 5.91 Å². The number of nitrogens with zero attached hydrogens (tertiary/aromatic N) is 4. The molecule has 5 aromatic heterocycles. The van der Waals surface area contributed by atoms with Crippen molar-refractivity contribution in [2.75, 3.05) is 18.4 Å². The molecule has 0 atom stereocenters. The van der Waals surface area contributed by atoms with Crippen molar-refractivity contribution in [2.24, 2.45) is 0 Å². The Balaban J connectivity index is 1.16. The second kappa shape index (κ2) is 9.22. The van der Waals surface area contributed by atoms with Crippen LogP contribution >= 0.6 is 22.7 Å². The molecule has 34 heavy (non-hydrogen) atoms. The fraction of sp³-hybridized carbons (Fsp3) is 0.250. The van der Waals surface area contributed by atoms with Gasteiger partial charge in [-0.1, -0.05) is 6.07 Å². The lowest BCUT2D eigenvalue weighted by Gasteiger charge is -2.13. The first-order valence-corrected chi connectivity index (χ1v) is 12.9. The number of rotatable bonds is 7. The first kappa shape index (κ1) is 21.4. The summed E-state index contributed by atoms with van der Waals surface area (Å²) in [5.41, 5.74) is 5.27. The summed E-state index contributed by atoms with van der Waals surface area (Å²) < 4.78 is 3.16. The number of thiophene rings is 1. The SMILES string of the molecule is O=C(CCNCc1cnc2ccccn12)Nc1sc2c(c1-c1nc3cnccc3s1)CCNC2. The number of hydrogen-bond acceptors (Lipinski definition) is 8. The number of pyridine rings is 2. The molecule has 1 aliphatic heterocycles. The molecule has 5 aromatic rings. The molecule has 0 aromatic carbocycles. The van der Waals surface area contributed by atoms with E-state index in [1.807, 2.05) is 36.7 Å². The smallest absolute Gasteiger partial charge is 0.226 e. The number of anilines is 1. The van der Waals surface area contributed by atoms with Crippen LogP contribution in [0.15, 0.2) is 49.1 Å². The van der Waals surface area contributed by atoms with Crippen molar-refractivity contribution in [1.82, 2.24) is 30.0 Å². The molecule has 0 aliphatic carbocycles. The van der Waals surface area contributed by atoms with Gasteiger partial charge >= 0.3 is 0 Å². The zero-order valence-electron chi connectivity index (χ0n) is 18.4. The maximum Gasteiger partial charge on any atom is 0.226 e. The lowest BCUT2D eigenvalue weighted by molar-refractivity contribution is -0.116. The lowest BCUT2D eigenvalue weighted by Crippen LogP contribution is -2.22. The molecule has 0 bridgehead atoms. The highest BCUT2D eigenvalue weighted by atomic mass is 32.1. The molecule has 8 nitrogen and oxygen atoms in total. The van der Waals surface area contributed by atoms with Crippen molar-refractivity contribution in [3.63, 3.8) is 0 Å². The fourth-order valence-electron chi connectivity index (χ4n) is 4.26. The Labute approximate surface area is 204 Å². The van der Waals surface area contributed by atoms with Crippen LogP contribution in [0.4, 0.5) is 5.00 Å². The van der Waals surface area contributed by atoms with E-state index in [9.17, 15) is 4.79 Å². The topological polar surface area (TPSA) is 96.2 Å². The number of hydrogen-bond donors (Lipinski definition) is 3. The monoisotopic (exact) mass is 489 g/mol. The summed E-state index contributed by atoms with van der Waals surface area (Å²) in [4.78, 5) is 27.6. The Bertz CT molecular complexity index is 1450. The van der Waals surface area contributed by atoms with Gasteiger partial charge in [-0.3, -0.25) is 9.78 Å². The van der Waals surface area contributed by atoms with Crippen LogP contribution in [0.2, 0.25) is 0 Å². The summed E-state index contributed by atoms with van der Waals surface area (Å²) in [6.07, 6.45) is 8.78. The van der Waals surface area contributed by atoms with E-state index in [1.165, 1.54) is 10.4 Å². The Morgan fingerprint density at radius 2 is 2.18 bits per heavy atom. The van der Waals surface area contributed by atoms with E-state index < -0.39 is 0 Å². The number of thiazole rings is 1. The summed E-state index contributed by atoms with van der Waals surface area (Å²) in [5.74, 6) is 0.00114. The van der Waals surface area contributed by atoms with Crippen molar-refractivity contribution >= 4 is 49.4 Å². The van der Waals surface area contributed by atoms with Gasteiger partial charge in [0.15, 0.2) is 0 Å². The molecule has 0 spiro atoms. The standard InChI is InChI=1S/C24H23N7OS2/c32-21(6-9-25-11-15-12-28-20-3-1-2-10-31(15)20)30-24-22(16-4-7-27-14-19(16)34-24)23-29-17-13-26-8-5-18(17)33-23/h1-3,5,8,10,12-13,25,27H,4,6-7,9,11,14H2,(H,30,32). The zero-order valence-corrected chi connectivity index (χ0v) is 20.0. The molecule has 0 unspecified atom stereocenters. The van der Waals surface area contributed by atoms with Crippen LogP contribution in [0.5, 0.6) is 0 Å². The minimum atomic E-state index is 0.00114. The first-order valence-electron chi connectivity index (χ1n) is 11.2. The highest BCUT2D eigenvalue weighted by molar-refractivity contribution is 7.22. The van der Waals surface area contributed by atoms with Gasteiger partial charge in [0, 0.05) is 48.9 Å². The second-order valence-electron chi connectivity index (χ2n) is 8.15. The molecule has 3 N–H and O–H groups in total. The average Bonchev–Trinajstić information content (AvgIpc) is 3.56. The molecule has 0 fully saturated rings. The number of nitrogens with one attached hydrogen (secondary N) is 3. The number of fused-ring (bicyclic) bond motifs is 3. The quantitative estimate of drug-likeness (QED) is 0.301. The lowest BCUT2D eigenvalue weighted by atomic mass is 10.0. The molecular formula is C24H23N7OS2. The van der Waals surface area contributed by atoms with Crippen molar-refractivity contribution < 1.29 is 4.79 Å². The summed E-state index contributed by atoms with van der Waals surface area (Å²) in [7, 11) is 0. The average molecular weight is 490 g/mol. The summed E-state index contributed by atoms with van der Waals surface area (Å²) >= 11 is 3.31. The number of amides is 1. The molecule has 0 saturated carbocycles. The number of imidazole rings is 1. The van der Waals surface area contributed by atoms with Crippen LogP contribution in [-0.4, -0.2) is 38.3 Å². The molecule has 1 aliphatic rings. The van der Waals surface area contributed by atoms with Gasteiger partial charge in [0.1, 0.15) is 21.2 Å². The Hall–Kier alpha value is -3.18. The molecular weight excluding hydrogens is 466 g/mol. The molecule has 0 saturated heterocycles. The van der Waals surface area contributed by atoms with Crippen LogP contribution in [0.25, 0.3) is 26.4 Å². The van der Waals surface area contributed by atoms with Gasteiger partial charge in [-0.25, -0.2) is 9.97 Å². The van der Waals surface area contributed by atoms with E-state index >= 15 is 0 Å². The molecule has 172 valence electrons. The van der Waals surface area contributed by atoms with Gasteiger partial charge in [-0.15, -0.1) is 22.7 Å². The zero-order chi connectivity index (χ0) is 22.9. The highest BCUT2D eigenvalue weighted by Gasteiger charge is 2.25. The van der Waals surface area contributed by atoms with Gasteiger partial charge in [0.05, 0.1) is 22.8 Å². The second-order valence-corrected chi connectivity index (χ2v) is 10.3. The van der Waals surface area contributed by atoms with E-state index in [1.54, 1.807) is 35.1 Å². The summed E-state index contributed by atoms with van der Waals surface area (Å²) in [5, 5.41) is 11.8. The van der Waals surface area contributed by atoms with Gasteiger partial charge in [0.25, 0.3) is 0 Å². The maximum atomic E-state index is 12.9. The largest absolute Gasteiger partial charge is 0.317 e. The Kier molecular flexibility index (Phi) is 5.79. The molecule has 10 heteroatoms. The van der Waals surface area contributed by atoms with Gasteiger partial charge < -0.3 is 20.4 Å². The van der Waals surface area contributed by atoms with Gasteiger partial charge in [-0.2, -0.15) is 0 Å². The van der Waals surface area contributed by atoms with E-state index in [2.05, 4.69) is 30.3 Å². The minimum Gasteiger partial charge on any atom is -0.317 e. The van der Waals surface area contributed by atoms with Crippen molar-refractivity contribution in [1.29, 1.82) is 0 Å². The summed E-state index contributed by atoms with van der Waals surface area (Å²) in [6.45, 7) is 3.00. The van der Waals surface area contributed by atoms with E-state index in [-0.39, 0.29) is 5.91 Å². The molecule has 1 amide bonds. The third-order valence-electron chi connectivity index (χ3n) is 5.91. The molecule has 0 radical (unpaired) electrons. The molecule has 6 rings (SSSR count). The molecule has 6 heterocycles. The third kappa shape index (κ3) is 4.09. The van der Waals surface area contributed by atoms with Gasteiger partial charge in [-0.05, 0) is 36.7 Å². The van der Waals surface area contributed by atoms with Crippen molar-refractivity contribution in [3.8, 4) is 10.6 Å². The first-order chi connectivity index (χ1) is 16.8. The van der Waals surface area contributed by atoms with Crippen molar-refractivity contribution in [3.05, 3.63) is 65.2 Å². The minimum absolute atomic E-state index is 0.00114. The van der Waals surface area contributed by atoms with E-state index in [0.29, 0.717) is 19.5 Å². The van der Waals surface area contributed by atoms with Crippen LogP contribution in [-0.2, 0) is 24.3 Å². The number of carbonyl (C=O) groups is 1. The van der Waals surface area contributed by atoms with E-state index in [4.69, 9.17) is 4.98 Å². The highest BCUT2D eigenvalue weighted by Crippen LogP contribution is 2.44. The van der Waals surface area contributed by atoms with Crippen molar-refractivity contribution in [2.45, 2.75) is 25.9 Å². The predicted molar refractivity (Wildman–Crippen MR) is 136 cm³/mol. The fourth-order valence-corrected chi connectivity index (χ4v) is 6.57. The van der Waals surface area contributed by atoms with E-state index in [0.717, 1.165) is 56.6 Å². The number of carbonyl (C=O) groups excluding carboxylic acids is 1. The number of aromatic nitrogens is 4. The normalized spacial score (nSPS) is 13.4. The van der Waals surface area contributed by atoms with Crippen LogP contribution in [0.1, 0.15) is 22.6 Å². The van der Waals surface area contributed by atoms with Crippen LogP contribution in [0.3, 0.4) is 0 Å².